The number of nitrogens with one attached hydrogen (secondary N) is 1. The van der Waals surface area contributed by atoms with E-state index in [9.17, 15) is 14.4 Å². The normalized spacial score (nSPS) is 18.9. The van der Waals surface area contributed by atoms with E-state index in [0.717, 1.165) is 31.9 Å². The van der Waals surface area contributed by atoms with E-state index in [4.69, 9.17) is 15.2 Å². The minimum atomic E-state index is -0.611. The van der Waals surface area contributed by atoms with Gasteiger partial charge in [-0.25, -0.2) is 0 Å². The van der Waals surface area contributed by atoms with Gasteiger partial charge in [0.15, 0.2) is 0 Å². The summed E-state index contributed by atoms with van der Waals surface area (Å²) < 4.78 is 12.6. The number of pyridine rings is 1. The first kappa shape index (κ1) is 17.3. The molecule has 1 fully saturated rings. The molecule has 1 aromatic carbocycles. The van der Waals surface area contributed by atoms with Crippen LogP contribution in [-0.4, -0.2) is 35.7 Å². The predicted molar refractivity (Wildman–Crippen MR) is 97.3 cm³/mol. The predicted octanol–water partition coefficient (Wildman–Crippen LogP) is 1.25. The number of carbonyl (C=O) groups excluding carboxylic acids is 2. The van der Waals surface area contributed by atoms with E-state index in [1.54, 1.807) is 24.3 Å². The molecule has 3 heterocycles. The van der Waals surface area contributed by atoms with Crippen LogP contribution in [0.3, 0.4) is 0 Å². The number of fused-ring (bicyclic) bond motifs is 1. The third-order valence-corrected chi connectivity index (χ3v) is 4.76. The number of carbonyl (C=O) groups is 2. The van der Waals surface area contributed by atoms with Crippen LogP contribution >= 0.6 is 0 Å². The van der Waals surface area contributed by atoms with Crippen molar-refractivity contribution in [3.8, 4) is 11.4 Å². The van der Waals surface area contributed by atoms with Gasteiger partial charge in [0.1, 0.15) is 18.2 Å². The van der Waals surface area contributed by atoms with E-state index in [0.29, 0.717) is 18.0 Å². The van der Waals surface area contributed by atoms with Crippen molar-refractivity contribution in [1.29, 1.82) is 0 Å². The lowest BCUT2D eigenvalue weighted by Gasteiger charge is -2.22. The largest absolute Gasteiger partial charge is 0.491 e. The van der Waals surface area contributed by atoms with Crippen molar-refractivity contribution in [1.82, 2.24) is 9.88 Å². The average Bonchev–Trinajstić information content (AvgIpc) is 2.95. The Morgan fingerprint density at radius 2 is 1.93 bits per heavy atom. The molecule has 140 valence electrons. The summed E-state index contributed by atoms with van der Waals surface area (Å²) in [5, 5.41) is 2.14. The lowest BCUT2D eigenvalue weighted by molar-refractivity contribution is -0.0110. The van der Waals surface area contributed by atoms with Gasteiger partial charge in [0, 0.05) is 12.7 Å². The molecule has 2 aromatic rings. The topological polar surface area (TPSA) is 113 Å². The third kappa shape index (κ3) is 3.19. The number of hydrogen-bond donors (Lipinski definition) is 2. The highest BCUT2D eigenvalue weighted by atomic mass is 16.5. The molecule has 3 N–H and O–H groups in total. The van der Waals surface area contributed by atoms with Crippen molar-refractivity contribution in [3.05, 3.63) is 51.8 Å². The van der Waals surface area contributed by atoms with E-state index in [1.165, 1.54) is 4.57 Å². The number of benzene rings is 1. The van der Waals surface area contributed by atoms with Crippen molar-refractivity contribution >= 4 is 17.6 Å². The van der Waals surface area contributed by atoms with E-state index >= 15 is 0 Å². The first-order valence-electron chi connectivity index (χ1n) is 8.80. The standard InChI is InChI=1S/C19H19N3O5/c20-17-16-14(18(24)21-19(16)25)9-15(23)22(17)11-4-6-12(7-5-11)27-10-13-3-1-2-8-26-13/h4-7,9,13H,1-3,8,10,20H2,(H,21,24,25). The van der Waals surface area contributed by atoms with Crippen LogP contribution in [0.25, 0.3) is 5.69 Å². The Hall–Kier alpha value is -3.13. The number of ether oxygens (including phenoxy) is 2. The second-order valence-electron chi connectivity index (χ2n) is 6.57. The Morgan fingerprint density at radius 1 is 1.15 bits per heavy atom. The quantitative estimate of drug-likeness (QED) is 0.785. The van der Waals surface area contributed by atoms with Crippen molar-refractivity contribution in [2.24, 2.45) is 0 Å². The number of aromatic nitrogens is 1. The Kier molecular flexibility index (Phi) is 4.41. The third-order valence-electron chi connectivity index (χ3n) is 4.76. The van der Waals surface area contributed by atoms with Crippen LogP contribution in [0.2, 0.25) is 0 Å². The monoisotopic (exact) mass is 369 g/mol. The average molecular weight is 369 g/mol. The van der Waals surface area contributed by atoms with Gasteiger partial charge >= 0.3 is 0 Å². The highest BCUT2D eigenvalue weighted by molar-refractivity contribution is 6.23. The first-order valence-corrected chi connectivity index (χ1v) is 8.80. The van der Waals surface area contributed by atoms with Gasteiger partial charge in [0.2, 0.25) is 0 Å². The van der Waals surface area contributed by atoms with Gasteiger partial charge < -0.3 is 15.2 Å². The molecule has 2 aliphatic rings. The summed E-state index contributed by atoms with van der Waals surface area (Å²) in [6.07, 6.45) is 3.32. The molecular weight excluding hydrogens is 350 g/mol. The lowest BCUT2D eigenvalue weighted by Crippen LogP contribution is -2.26. The summed E-state index contributed by atoms with van der Waals surface area (Å²) in [4.78, 5) is 36.0. The number of rotatable bonds is 4. The van der Waals surface area contributed by atoms with E-state index in [1.807, 2.05) is 0 Å². The maximum atomic E-state index is 12.4. The fourth-order valence-electron chi connectivity index (χ4n) is 3.37. The van der Waals surface area contributed by atoms with E-state index in [-0.39, 0.29) is 23.0 Å². The highest BCUT2D eigenvalue weighted by Gasteiger charge is 2.31. The van der Waals surface area contributed by atoms with Gasteiger partial charge in [-0.1, -0.05) is 0 Å². The van der Waals surface area contributed by atoms with Crippen LogP contribution in [0, 0.1) is 0 Å². The molecule has 1 atom stereocenters. The molecule has 2 amide bonds. The fourth-order valence-corrected chi connectivity index (χ4v) is 3.37. The Morgan fingerprint density at radius 3 is 2.63 bits per heavy atom. The van der Waals surface area contributed by atoms with Gasteiger partial charge in [-0.3, -0.25) is 24.3 Å². The SMILES string of the molecule is Nc1c2c(cc(=O)n1-c1ccc(OCC3CCCCO3)cc1)C(=O)NC2=O. The summed E-state index contributed by atoms with van der Waals surface area (Å²) >= 11 is 0. The molecule has 8 heteroatoms. The molecule has 4 rings (SSSR count). The number of nitrogens with two attached hydrogens (primary N) is 1. The summed E-state index contributed by atoms with van der Waals surface area (Å²) in [5.74, 6) is -0.632. The molecule has 0 radical (unpaired) electrons. The molecule has 2 aliphatic heterocycles. The van der Waals surface area contributed by atoms with Crippen LogP contribution in [0.4, 0.5) is 5.82 Å². The fraction of sp³-hybridized carbons (Fsp3) is 0.316. The minimum Gasteiger partial charge on any atom is -0.491 e. The van der Waals surface area contributed by atoms with Gasteiger partial charge in [-0.2, -0.15) is 0 Å². The van der Waals surface area contributed by atoms with Crippen LogP contribution < -0.4 is 21.3 Å². The molecule has 1 saturated heterocycles. The molecule has 0 saturated carbocycles. The number of hydrogen-bond acceptors (Lipinski definition) is 6. The van der Waals surface area contributed by atoms with Crippen LogP contribution in [-0.2, 0) is 4.74 Å². The van der Waals surface area contributed by atoms with Crippen LogP contribution in [0.5, 0.6) is 5.75 Å². The van der Waals surface area contributed by atoms with E-state index < -0.39 is 17.4 Å². The zero-order chi connectivity index (χ0) is 19.0. The maximum Gasteiger partial charge on any atom is 0.262 e. The lowest BCUT2D eigenvalue weighted by atomic mass is 10.1. The van der Waals surface area contributed by atoms with Gasteiger partial charge in [0.05, 0.1) is 22.9 Å². The van der Waals surface area contributed by atoms with Crippen LogP contribution in [0.15, 0.2) is 35.1 Å². The number of nitrogen functional groups attached to an aromatic ring is 1. The summed E-state index contributed by atoms with van der Waals surface area (Å²) in [7, 11) is 0. The molecule has 0 aliphatic carbocycles. The Bertz CT molecular complexity index is 959. The zero-order valence-electron chi connectivity index (χ0n) is 14.6. The molecule has 1 unspecified atom stereocenters. The Balaban J connectivity index is 1.57. The molecule has 0 bridgehead atoms. The second kappa shape index (κ2) is 6.88. The summed E-state index contributed by atoms with van der Waals surface area (Å²) in [6, 6.07) is 7.92. The van der Waals surface area contributed by atoms with Crippen molar-refractivity contribution in [2.75, 3.05) is 18.9 Å². The summed E-state index contributed by atoms with van der Waals surface area (Å²) in [5.41, 5.74) is 6.04. The highest BCUT2D eigenvalue weighted by Crippen LogP contribution is 2.24. The van der Waals surface area contributed by atoms with Gasteiger partial charge in [-0.15, -0.1) is 0 Å². The first-order chi connectivity index (χ1) is 13.0. The number of imide groups is 1. The van der Waals surface area contributed by atoms with Gasteiger partial charge in [-0.05, 0) is 43.5 Å². The molecule has 1 aromatic heterocycles. The second-order valence-corrected chi connectivity index (χ2v) is 6.57. The van der Waals surface area contributed by atoms with E-state index in [2.05, 4.69) is 5.32 Å². The molecule has 0 spiro atoms. The van der Waals surface area contributed by atoms with Crippen LogP contribution in [0.1, 0.15) is 40.0 Å². The summed E-state index contributed by atoms with van der Waals surface area (Å²) in [6.45, 7) is 1.24. The zero-order valence-corrected chi connectivity index (χ0v) is 14.6. The molecule has 27 heavy (non-hydrogen) atoms. The smallest absolute Gasteiger partial charge is 0.262 e. The number of nitrogens with zero attached hydrogens (tertiary/aromatic N) is 1. The Labute approximate surface area is 154 Å². The van der Waals surface area contributed by atoms with Crippen molar-refractivity contribution in [3.63, 3.8) is 0 Å². The molecule has 8 nitrogen and oxygen atoms in total. The van der Waals surface area contributed by atoms with Gasteiger partial charge in [0.25, 0.3) is 17.4 Å². The number of anilines is 1. The minimum absolute atomic E-state index is 0.00573. The van der Waals surface area contributed by atoms with Crippen molar-refractivity contribution < 1.29 is 19.1 Å². The van der Waals surface area contributed by atoms with Crippen molar-refractivity contribution in [2.45, 2.75) is 25.4 Å². The maximum absolute atomic E-state index is 12.4. The number of amides is 2. The molecular formula is C19H19N3O5.